The number of hydrogen-bond donors (Lipinski definition) is 1. The fraction of sp³-hybridized carbons (Fsp3) is 0.520. The van der Waals surface area contributed by atoms with Crippen molar-refractivity contribution in [2.45, 2.75) is 61.5 Å². The molecule has 7 aliphatic rings. The summed E-state index contributed by atoms with van der Waals surface area (Å²) in [5, 5.41) is 3.42. The van der Waals surface area contributed by atoms with Crippen molar-refractivity contribution in [3.63, 3.8) is 0 Å². The van der Waals surface area contributed by atoms with Crippen LogP contribution in [0.1, 0.15) is 37.1 Å². The first-order valence-corrected chi connectivity index (χ1v) is 23.9. The molecule has 4 atom stereocenters. The first kappa shape index (κ1) is 76.2. The molecule has 7 saturated heterocycles. The zero-order chi connectivity index (χ0) is 52.3. The van der Waals surface area contributed by atoms with Crippen LogP contribution in [0.5, 0.6) is 0 Å². The monoisotopic (exact) mass is 1190 g/mol. The summed E-state index contributed by atoms with van der Waals surface area (Å²) in [6, 6.07) is 21.7. The van der Waals surface area contributed by atoms with E-state index in [1.807, 2.05) is 36.4 Å². The van der Waals surface area contributed by atoms with Gasteiger partial charge in [-0.1, -0.05) is 42.2 Å². The molecule has 0 radical (unpaired) electrons. The Morgan fingerprint density at radius 1 is 0.500 bits per heavy atom. The number of quaternary nitrogens is 1. The van der Waals surface area contributed by atoms with Crippen molar-refractivity contribution in [3.8, 4) is 0 Å². The third-order valence-electron chi connectivity index (χ3n) is 11.4. The Hall–Kier alpha value is -5.83. The van der Waals surface area contributed by atoms with Crippen LogP contribution in [-0.4, -0.2) is 171 Å². The summed E-state index contributed by atoms with van der Waals surface area (Å²) in [5.74, 6) is 0.755. The van der Waals surface area contributed by atoms with E-state index in [2.05, 4.69) is 15.8 Å². The summed E-state index contributed by atoms with van der Waals surface area (Å²) in [4.78, 5) is 84.5. The van der Waals surface area contributed by atoms with E-state index < -0.39 is 18.3 Å². The zero-order valence-electron chi connectivity index (χ0n) is 40.8. The number of benzene rings is 3. The van der Waals surface area contributed by atoms with E-state index in [1.165, 1.54) is 14.7 Å². The first-order chi connectivity index (χ1) is 35.4. The van der Waals surface area contributed by atoms with Gasteiger partial charge >= 0.3 is 47.8 Å². The minimum absolute atomic E-state index is 0. The fourth-order valence-corrected chi connectivity index (χ4v) is 7.96. The van der Waals surface area contributed by atoms with E-state index in [9.17, 15) is 28.8 Å². The van der Waals surface area contributed by atoms with Crippen molar-refractivity contribution in [2.24, 2.45) is 5.11 Å². The second-order valence-corrected chi connectivity index (χ2v) is 16.9. The normalized spacial score (nSPS) is 20.2. The Kier molecular flexibility index (Phi) is 36.9. The molecule has 0 aliphatic carbocycles. The molecule has 7 fully saturated rings. The Labute approximate surface area is 505 Å². The molecular weight excluding hydrogens is 1120 g/mol. The van der Waals surface area contributed by atoms with Gasteiger partial charge in [-0.3, -0.25) is 34.0 Å². The molecule has 6 amide bonds. The third-order valence-corrected chi connectivity index (χ3v) is 12.1. The van der Waals surface area contributed by atoms with E-state index in [0.29, 0.717) is 83.3 Å². The number of amides is 6. The standard InChI is InChI=1S/C14H15ClN2O4.C14H15N5O4.C14H17N3O4.C3H5ClO.5CH4.ClH.N3.Na/c15-7-12-8-17(14(19)21-12)11-3-1-10(2-4-11)16-5-6-20-9-13(16)18;15-17-16-7-12-8-19(14(21)23-12)11-3-1-10(2-4-11)18-5-6-22-9-13(18)20;15-7-12-8-17(14(19)21-12)11-3-1-10(2-4-11)16-5-6-20-9-13(16)18;4-1-3-2-5-3;;;;;;;1-3-2;/h1-4,12H,5-9H2;1-4,12H,5-9H2;1-4,12H,5-9,15H2;3H,1-2H2;5*1H4;1H;;/q;;;;;;;;;;-1;+1/t3*12-;3-;;;;;;;;/m0000......../s1. The minimum atomic E-state index is -0.474. The molecule has 0 aromatic heterocycles. The molecule has 0 unspecified atom stereocenters. The SMILES string of the molecule is C.C.C.C.C.ClC[C@H]1CO1.O=C1COCCN1c1ccc(N2C[C@H](CCl)OC2=O)cc1.[Cl-].[N-]=[N+]=NC[C@H]1CN(c2ccc(N3CCOCC3=O)cc2)C(=O)O1.[N-]=[N+]=[N-].[NH3+]C[C@H]1CN(c2ccc(N3CCOCC3=O)cc2)C(=O)O1.[Na+]. The van der Waals surface area contributed by atoms with Crippen molar-refractivity contribution in [3.05, 3.63) is 99.2 Å². The number of nitrogens with zero attached hydrogens (tertiary/aromatic N) is 12. The van der Waals surface area contributed by atoms with Crippen LogP contribution in [0.4, 0.5) is 48.5 Å². The number of hydrogen-bond acceptors (Lipinski definition) is 14. The molecule has 0 bridgehead atoms. The van der Waals surface area contributed by atoms with Gasteiger partial charge in [0.1, 0.15) is 38.6 Å². The van der Waals surface area contributed by atoms with Crippen LogP contribution < -0.4 is 77.1 Å². The van der Waals surface area contributed by atoms with Crippen LogP contribution in [0, 0.1) is 0 Å². The number of azide groups is 1. The molecule has 80 heavy (non-hydrogen) atoms. The number of epoxide rings is 1. The number of carbonyl (C=O) groups excluding carboxylic acids is 6. The number of cyclic esters (lactones) is 3. The summed E-state index contributed by atoms with van der Waals surface area (Å²) in [6.45, 7) is 6.32. The second kappa shape index (κ2) is 38.8. The van der Waals surface area contributed by atoms with Crippen molar-refractivity contribution in [1.82, 2.24) is 0 Å². The van der Waals surface area contributed by atoms with Gasteiger partial charge in [0, 0.05) is 58.7 Å². The van der Waals surface area contributed by atoms with Gasteiger partial charge in [-0.25, -0.2) is 14.4 Å². The van der Waals surface area contributed by atoms with Gasteiger partial charge in [0.15, 0.2) is 6.10 Å². The second-order valence-electron chi connectivity index (χ2n) is 16.2. The van der Waals surface area contributed by atoms with Crippen LogP contribution in [0.2, 0.25) is 0 Å². The number of halogens is 3. The van der Waals surface area contributed by atoms with E-state index in [4.69, 9.17) is 73.0 Å². The van der Waals surface area contributed by atoms with Gasteiger partial charge in [0.05, 0.1) is 70.5 Å². The fourth-order valence-electron chi connectivity index (χ4n) is 7.62. The van der Waals surface area contributed by atoms with E-state index in [-0.39, 0.29) is 147 Å². The zero-order valence-corrected chi connectivity index (χ0v) is 45.0. The maximum Gasteiger partial charge on any atom is 1.00 e. The molecule has 0 saturated carbocycles. The predicted molar refractivity (Wildman–Crippen MR) is 298 cm³/mol. The van der Waals surface area contributed by atoms with Crippen LogP contribution in [0.25, 0.3) is 26.4 Å². The summed E-state index contributed by atoms with van der Waals surface area (Å²) in [7, 11) is 0. The van der Waals surface area contributed by atoms with Crippen LogP contribution in [0.15, 0.2) is 77.9 Å². The van der Waals surface area contributed by atoms with Crippen molar-refractivity contribution >= 4 is 93.3 Å². The van der Waals surface area contributed by atoms with Crippen molar-refractivity contribution in [2.75, 3.05) is 140 Å². The number of ether oxygens (including phenoxy) is 7. The summed E-state index contributed by atoms with van der Waals surface area (Å²) >= 11 is 11.0. The van der Waals surface area contributed by atoms with Crippen LogP contribution in [-0.2, 0) is 47.5 Å². The predicted octanol–water partition coefficient (Wildman–Crippen LogP) is 1.59. The van der Waals surface area contributed by atoms with Gasteiger partial charge in [-0.15, -0.1) is 23.2 Å². The summed E-state index contributed by atoms with van der Waals surface area (Å²) in [6.07, 6.45) is -1.69. The average Bonchev–Trinajstić information content (AvgIpc) is 3.92. The Balaban J connectivity index is 0. The Bertz CT molecular complexity index is 2380. The van der Waals surface area contributed by atoms with Gasteiger partial charge in [-0.2, -0.15) is 0 Å². The first-order valence-electron chi connectivity index (χ1n) is 22.8. The summed E-state index contributed by atoms with van der Waals surface area (Å²) in [5.41, 5.74) is 30.1. The molecule has 10 rings (SSSR count). The number of anilines is 6. The van der Waals surface area contributed by atoms with E-state index >= 15 is 0 Å². The van der Waals surface area contributed by atoms with Gasteiger partial charge in [0.25, 0.3) is 17.7 Å². The largest absolute Gasteiger partial charge is 1.00 e. The van der Waals surface area contributed by atoms with E-state index in [1.54, 1.807) is 56.0 Å². The number of carbonyl (C=O) groups is 6. The molecule has 26 nitrogen and oxygen atoms in total. The third kappa shape index (κ3) is 21.6. The van der Waals surface area contributed by atoms with Crippen molar-refractivity contribution < 1.29 is 110 Å². The maximum absolute atomic E-state index is 11.9. The van der Waals surface area contributed by atoms with Gasteiger partial charge in [0.2, 0.25) is 0 Å². The molecule has 0 spiro atoms. The molecular formula is C50H73Cl3N13NaO13. The molecule has 7 aliphatic heterocycles. The summed E-state index contributed by atoms with van der Waals surface area (Å²) < 4.78 is 35.5. The topological polar surface area (TPSA) is 325 Å². The van der Waals surface area contributed by atoms with E-state index in [0.717, 1.165) is 35.0 Å². The minimum Gasteiger partial charge on any atom is -1.00 e. The quantitative estimate of drug-likeness (QED) is 0.0543. The smallest absolute Gasteiger partial charge is 1.00 e. The Morgan fingerprint density at radius 3 is 1.01 bits per heavy atom. The van der Waals surface area contributed by atoms with Crippen LogP contribution >= 0.6 is 23.2 Å². The van der Waals surface area contributed by atoms with Crippen molar-refractivity contribution in [1.29, 1.82) is 0 Å². The maximum atomic E-state index is 11.9. The number of alkyl halides is 2. The average molecular weight is 1190 g/mol. The number of morpholine rings is 3. The van der Waals surface area contributed by atoms with Gasteiger partial charge < -0.3 is 77.1 Å². The molecule has 30 heteroatoms. The molecule has 3 aromatic carbocycles. The molecule has 3 aromatic rings. The molecule has 7 heterocycles. The number of rotatable bonds is 11. The molecule has 3 N–H and O–H groups in total. The van der Waals surface area contributed by atoms with Gasteiger partial charge in [-0.05, 0) is 78.3 Å². The van der Waals surface area contributed by atoms with Crippen LogP contribution in [0.3, 0.4) is 0 Å². The molecule has 438 valence electrons. The Morgan fingerprint density at radius 2 is 0.775 bits per heavy atom.